The Bertz CT molecular complexity index is 443. The summed E-state index contributed by atoms with van der Waals surface area (Å²) in [6, 6.07) is 0.410. The zero-order valence-corrected chi connectivity index (χ0v) is 15.4. The summed E-state index contributed by atoms with van der Waals surface area (Å²) in [6.45, 7) is 7.12. The average Bonchev–Trinajstić information content (AvgIpc) is 2.61. The van der Waals surface area contributed by atoms with Crippen LogP contribution in [0.3, 0.4) is 0 Å². The van der Waals surface area contributed by atoms with Crippen LogP contribution in [0.1, 0.15) is 32.6 Å². The maximum Gasteiger partial charge on any atom is 0.227 e. The lowest BCUT2D eigenvalue weighted by molar-refractivity contribution is -0.145. The summed E-state index contributed by atoms with van der Waals surface area (Å²) in [5, 5.41) is 3.40. The van der Waals surface area contributed by atoms with Crippen LogP contribution in [0.25, 0.3) is 0 Å². The second-order valence-electron chi connectivity index (χ2n) is 7.14. The number of carbonyl (C=O) groups excluding carboxylic acids is 2. The first-order valence-electron chi connectivity index (χ1n) is 9.04. The molecule has 0 bridgehead atoms. The summed E-state index contributed by atoms with van der Waals surface area (Å²) in [5.41, 5.74) is 0. The fraction of sp³-hybridized carbons (Fsp3) is 0.882. The molecular formula is C17H30ClN3O3. The van der Waals surface area contributed by atoms with Crippen molar-refractivity contribution in [2.24, 2.45) is 11.8 Å². The minimum Gasteiger partial charge on any atom is -0.378 e. The van der Waals surface area contributed by atoms with Gasteiger partial charge in [0.1, 0.15) is 0 Å². The molecule has 0 aromatic heterocycles. The van der Waals surface area contributed by atoms with E-state index in [1.165, 1.54) is 0 Å². The molecule has 3 atom stereocenters. The van der Waals surface area contributed by atoms with Gasteiger partial charge in [0.15, 0.2) is 0 Å². The van der Waals surface area contributed by atoms with Crippen LogP contribution in [0.4, 0.5) is 0 Å². The van der Waals surface area contributed by atoms with Gasteiger partial charge in [-0.15, -0.1) is 12.4 Å². The number of hydrogen-bond donors (Lipinski definition) is 1. The summed E-state index contributed by atoms with van der Waals surface area (Å²) < 4.78 is 5.32. The Morgan fingerprint density at radius 3 is 2.42 bits per heavy atom. The summed E-state index contributed by atoms with van der Waals surface area (Å²) in [4.78, 5) is 29.3. The van der Waals surface area contributed by atoms with Crippen molar-refractivity contribution in [2.45, 2.75) is 38.6 Å². The molecule has 0 aliphatic carbocycles. The van der Waals surface area contributed by atoms with Crippen molar-refractivity contribution in [3.63, 3.8) is 0 Å². The minimum absolute atomic E-state index is 0. The van der Waals surface area contributed by atoms with Gasteiger partial charge >= 0.3 is 0 Å². The first-order chi connectivity index (χ1) is 11.1. The van der Waals surface area contributed by atoms with E-state index in [-0.39, 0.29) is 36.1 Å². The monoisotopic (exact) mass is 359 g/mol. The quantitative estimate of drug-likeness (QED) is 0.795. The van der Waals surface area contributed by atoms with E-state index >= 15 is 0 Å². The van der Waals surface area contributed by atoms with Crippen LogP contribution < -0.4 is 5.32 Å². The largest absolute Gasteiger partial charge is 0.378 e. The van der Waals surface area contributed by atoms with Gasteiger partial charge in [0.05, 0.1) is 19.1 Å². The molecule has 0 radical (unpaired) electrons. The third-order valence-corrected chi connectivity index (χ3v) is 5.38. The number of rotatable bonds is 2. The molecule has 138 valence electrons. The number of hydrogen-bond acceptors (Lipinski definition) is 4. The van der Waals surface area contributed by atoms with Crippen molar-refractivity contribution >= 4 is 24.2 Å². The van der Waals surface area contributed by atoms with Crippen molar-refractivity contribution in [2.75, 3.05) is 45.9 Å². The van der Waals surface area contributed by atoms with Crippen LogP contribution in [0, 0.1) is 11.8 Å². The number of nitrogens with one attached hydrogen (secondary N) is 1. The van der Waals surface area contributed by atoms with E-state index in [2.05, 4.69) is 12.2 Å². The number of likely N-dealkylation sites (tertiary alicyclic amines) is 1. The highest BCUT2D eigenvalue weighted by molar-refractivity contribution is 5.85. The van der Waals surface area contributed by atoms with Crippen LogP contribution in [-0.2, 0) is 14.3 Å². The molecule has 3 heterocycles. The first kappa shape index (κ1) is 19.5. The van der Waals surface area contributed by atoms with Gasteiger partial charge in [-0.1, -0.05) is 0 Å². The Balaban J connectivity index is 0.00000208. The molecule has 3 saturated heterocycles. The van der Waals surface area contributed by atoms with Crippen molar-refractivity contribution in [3.8, 4) is 0 Å². The fourth-order valence-electron chi connectivity index (χ4n) is 4.04. The Morgan fingerprint density at radius 2 is 1.71 bits per heavy atom. The fourth-order valence-corrected chi connectivity index (χ4v) is 4.04. The van der Waals surface area contributed by atoms with Crippen LogP contribution in [0.5, 0.6) is 0 Å². The third kappa shape index (κ3) is 4.61. The van der Waals surface area contributed by atoms with Gasteiger partial charge in [-0.3, -0.25) is 9.59 Å². The highest BCUT2D eigenvalue weighted by Crippen LogP contribution is 2.24. The van der Waals surface area contributed by atoms with Gasteiger partial charge in [-0.05, 0) is 39.2 Å². The minimum atomic E-state index is -0.0232. The Hall–Kier alpha value is -0.850. The summed E-state index contributed by atoms with van der Waals surface area (Å²) in [6.07, 6.45) is 3.68. The van der Waals surface area contributed by atoms with Crippen molar-refractivity contribution in [1.82, 2.24) is 15.1 Å². The molecular weight excluding hydrogens is 330 g/mol. The van der Waals surface area contributed by atoms with Crippen LogP contribution >= 0.6 is 12.4 Å². The van der Waals surface area contributed by atoms with Crippen molar-refractivity contribution in [3.05, 3.63) is 0 Å². The predicted molar refractivity (Wildman–Crippen MR) is 94.1 cm³/mol. The summed E-state index contributed by atoms with van der Waals surface area (Å²) in [5.74, 6) is 0.579. The predicted octanol–water partition coefficient (Wildman–Crippen LogP) is 0.894. The standard InChI is InChI=1S/C17H29N3O3.ClH/c1-13-11-14(4-5-18-13)16(21)20-6-2-3-15(12-20)17(22)19-7-9-23-10-8-19;/h13-15,18H,2-12H2,1H3;1H/t13-,14-,15?;/m0./s1. The Labute approximate surface area is 150 Å². The molecule has 0 saturated carbocycles. The molecule has 3 aliphatic rings. The molecule has 6 nitrogen and oxygen atoms in total. The topological polar surface area (TPSA) is 61.9 Å². The van der Waals surface area contributed by atoms with E-state index in [0.717, 1.165) is 38.8 Å². The molecule has 0 spiro atoms. The maximum atomic E-state index is 12.8. The third-order valence-electron chi connectivity index (χ3n) is 5.38. The van der Waals surface area contributed by atoms with E-state index in [0.29, 0.717) is 38.9 Å². The van der Waals surface area contributed by atoms with Gasteiger partial charge in [0.25, 0.3) is 0 Å². The SMILES string of the molecule is C[C@H]1C[C@@H](C(=O)N2CCCC(C(=O)N3CCOCC3)C2)CCN1.Cl. The van der Waals surface area contributed by atoms with E-state index < -0.39 is 0 Å². The number of amides is 2. The normalized spacial score (nSPS) is 31.3. The molecule has 2 amide bonds. The molecule has 0 aromatic carbocycles. The average molecular weight is 360 g/mol. The van der Waals surface area contributed by atoms with E-state index in [4.69, 9.17) is 4.74 Å². The zero-order valence-electron chi connectivity index (χ0n) is 14.5. The summed E-state index contributed by atoms with van der Waals surface area (Å²) >= 11 is 0. The van der Waals surface area contributed by atoms with Gasteiger partial charge in [0, 0.05) is 38.1 Å². The molecule has 7 heteroatoms. The molecule has 1 N–H and O–H groups in total. The number of halogens is 1. The number of morpholine rings is 1. The molecule has 1 unspecified atom stereocenters. The maximum absolute atomic E-state index is 12.8. The van der Waals surface area contributed by atoms with Gasteiger partial charge in [-0.25, -0.2) is 0 Å². The molecule has 3 aliphatic heterocycles. The second kappa shape index (κ2) is 9.02. The van der Waals surface area contributed by atoms with Crippen molar-refractivity contribution in [1.29, 1.82) is 0 Å². The lowest BCUT2D eigenvalue weighted by atomic mass is 9.89. The van der Waals surface area contributed by atoms with Crippen LogP contribution in [0.2, 0.25) is 0 Å². The van der Waals surface area contributed by atoms with Gasteiger partial charge in [-0.2, -0.15) is 0 Å². The van der Waals surface area contributed by atoms with Gasteiger partial charge < -0.3 is 19.9 Å². The first-order valence-corrected chi connectivity index (χ1v) is 9.04. The molecule has 0 aromatic rings. The van der Waals surface area contributed by atoms with Gasteiger partial charge in [0.2, 0.25) is 11.8 Å². The Morgan fingerprint density at radius 1 is 1.00 bits per heavy atom. The number of carbonyl (C=O) groups is 2. The van der Waals surface area contributed by atoms with Crippen LogP contribution in [0.15, 0.2) is 0 Å². The van der Waals surface area contributed by atoms with E-state index in [9.17, 15) is 9.59 Å². The number of nitrogens with zero attached hydrogens (tertiary/aromatic N) is 2. The second-order valence-corrected chi connectivity index (χ2v) is 7.14. The molecule has 24 heavy (non-hydrogen) atoms. The lowest BCUT2D eigenvalue weighted by Crippen LogP contribution is -2.51. The van der Waals surface area contributed by atoms with E-state index in [1.54, 1.807) is 0 Å². The Kier molecular flexibility index (Phi) is 7.32. The number of piperidine rings is 2. The highest BCUT2D eigenvalue weighted by Gasteiger charge is 2.35. The van der Waals surface area contributed by atoms with Crippen LogP contribution in [-0.4, -0.2) is 73.6 Å². The molecule has 3 rings (SSSR count). The molecule has 3 fully saturated rings. The zero-order chi connectivity index (χ0) is 16.2. The number of ether oxygens (including phenoxy) is 1. The smallest absolute Gasteiger partial charge is 0.227 e. The van der Waals surface area contributed by atoms with Crippen molar-refractivity contribution < 1.29 is 14.3 Å². The lowest BCUT2D eigenvalue weighted by Gasteiger charge is -2.38. The summed E-state index contributed by atoms with van der Waals surface area (Å²) in [7, 11) is 0. The highest BCUT2D eigenvalue weighted by atomic mass is 35.5. The van der Waals surface area contributed by atoms with E-state index in [1.807, 2.05) is 9.80 Å².